The molecule has 2 rings (SSSR count). The molecule has 7 nitrogen and oxygen atoms in total. The standard InChI is InChI=1S/C10H7Cl2N5O2/c11-5-2-1-3-6(7(5)12)16-10-8(17(18)19)9(13)14-4-15-10/h1-4H,(H3,13,14,15,16). The van der Waals surface area contributed by atoms with E-state index in [0.29, 0.717) is 10.7 Å². The third kappa shape index (κ3) is 2.67. The van der Waals surface area contributed by atoms with E-state index in [0.717, 1.165) is 6.33 Å². The number of nitrogen functional groups attached to an aromatic ring is 1. The summed E-state index contributed by atoms with van der Waals surface area (Å²) < 4.78 is 0. The second kappa shape index (κ2) is 5.25. The lowest BCUT2D eigenvalue weighted by atomic mass is 10.3. The van der Waals surface area contributed by atoms with E-state index in [1.807, 2.05) is 0 Å². The van der Waals surface area contributed by atoms with Crippen LogP contribution in [0.5, 0.6) is 0 Å². The average molecular weight is 300 g/mol. The van der Waals surface area contributed by atoms with Crippen molar-refractivity contribution < 1.29 is 4.92 Å². The highest BCUT2D eigenvalue weighted by molar-refractivity contribution is 6.43. The zero-order chi connectivity index (χ0) is 14.0. The second-order valence-electron chi connectivity index (χ2n) is 3.44. The van der Waals surface area contributed by atoms with Crippen molar-refractivity contribution in [3.63, 3.8) is 0 Å². The van der Waals surface area contributed by atoms with Crippen LogP contribution in [0.3, 0.4) is 0 Å². The number of nitrogens with zero attached hydrogens (tertiary/aromatic N) is 3. The van der Waals surface area contributed by atoms with Gasteiger partial charge in [0.25, 0.3) is 0 Å². The van der Waals surface area contributed by atoms with Gasteiger partial charge in [-0.1, -0.05) is 29.3 Å². The maximum Gasteiger partial charge on any atom is 0.353 e. The van der Waals surface area contributed by atoms with E-state index in [1.54, 1.807) is 18.2 Å². The summed E-state index contributed by atoms with van der Waals surface area (Å²) in [5.41, 5.74) is 5.42. The van der Waals surface area contributed by atoms with Gasteiger partial charge in [-0.25, -0.2) is 9.97 Å². The van der Waals surface area contributed by atoms with Gasteiger partial charge in [0.05, 0.1) is 20.7 Å². The molecule has 0 unspecified atom stereocenters. The Morgan fingerprint density at radius 2 is 2.05 bits per heavy atom. The Labute approximate surface area is 117 Å². The number of hydrogen-bond donors (Lipinski definition) is 2. The van der Waals surface area contributed by atoms with Crippen LogP contribution in [-0.2, 0) is 0 Å². The molecule has 0 amide bonds. The highest BCUT2D eigenvalue weighted by Crippen LogP contribution is 2.34. The van der Waals surface area contributed by atoms with Gasteiger partial charge in [0.2, 0.25) is 11.6 Å². The van der Waals surface area contributed by atoms with Crippen molar-refractivity contribution in [1.82, 2.24) is 9.97 Å². The molecule has 3 N–H and O–H groups in total. The fourth-order valence-electron chi connectivity index (χ4n) is 1.39. The fourth-order valence-corrected chi connectivity index (χ4v) is 1.74. The minimum absolute atomic E-state index is 0.0540. The van der Waals surface area contributed by atoms with E-state index in [9.17, 15) is 10.1 Å². The molecule has 0 aliphatic carbocycles. The number of aromatic nitrogens is 2. The molecule has 2 aromatic rings. The minimum Gasteiger partial charge on any atom is -0.378 e. The summed E-state index contributed by atoms with van der Waals surface area (Å²) >= 11 is 11.8. The Bertz CT molecular complexity index is 650. The Balaban J connectivity index is 2.47. The molecular formula is C10H7Cl2N5O2. The molecule has 0 aliphatic heterocycles. The lowest BCUT2D eigenvalue weighted by Crippen LogP contribution is -2.05. The van der Waals surface area contributed by atoms with Crippen LogP contribution < -0.4 is 11.1 Å². The van der Waals surface area contributed by atoms with Gasteiger partial charge < -0.3 is 11.1 Å². The van der Waals surface area contributed by atoms with E-state index >= 15 is 0 Å². The van der Waals surface area contributed by atoms with Crippen molar-refractivity contribution in [2.24, 2.45) is 0 Å². The molecular weight excluding hydrogens is 293 g/mol. The highest BCUT2D eigenvalue weighted by Gasteiger charge is 2.21. The Morgan fingerprint density at radius 3 is 2.74 bits per heavy atom. The van der Waals surface area contributed by atoms with Gasteiger partial charge in [0, 0.05) is 0 Å². The molecule has 0 saturated carbocycles. The number of benzene rings is 1. The summed E-state index contributed by atoms with van der Waals surface area (Å²) in [4.78, 5) is 17.6. The van der Waals surface area contributed by atoms with E-state index in [2.05, 4.69) is 15.3 Å². The zero-order valence-corrected chi connectivity index (χ0v) is 10.8. The number of anilines is 3. The van der Waals surface area contributed by atoms with Crippen molar-refractivity contribution in [3.05, 3.63) is 44.7 Å². The first-order valence-corrected chi connectivity index (χ1v) is 5.72. The average Bonchev–Trinajstić information content (AvgIpc) is 2.34. The van der Waals surface area contributed by atoms with Gasteiger partial charge in [-0.05, 0) is 12.1 Å². The Hall–Kier alpha value is -2.12. The molecule has 9 heteroatoms. The van der Waals surface area contributed by atoms with Crippen molar-refractivity contribution in [2.45, 2.75) is 0 Å². The molecule has 0 spiro atoms. The molecule has 1 heterocycles. The quantitative estimate of drug-likeness (QED) is 0.666. The van der Waals surface area contributed by atoms with Crippen molar-refractivity contribution in [3.8, 4) is 0 Å². The molecule has 98 valence electrons. The van der Waals surface area contributed by atoms with Crippen LogP contribution in [0.1, 0.15) is 0 Å². The summed E-state index contributed by atoms with van der Waals surface area (Å²) in [5, 5.41) is 14.2. The predicted octanol–water partition coefficient (Wildman–Crippen LogP) is 3.02. The summed E-state index contributed by atoms with van der Waals surface area (Å²) in [6, 6.07) is 4.85. The number of nitro groups is 1. The highest BCUT2D eigenvalue weighted by atomic mass is 35.5. The van der Waals surface area contributed by atoms with E-state index in [1.165, 1.54) is 0 Å². The lowest BCUT2D eigenvalue weighted by molar-refractivity contribution is -0.383. The molecule has 0 bridgehead atoms. The smallest absolute Gasteiger partial charge is 0.353 e. The van der Waals surface area contributed by atoms with Crippen LogP contribution in [0.4, 0.5) is 23.0 Å². The summed E-state index contributed by atoms with van der Waals surface area (Å²) in [5.74, 6) is -0.290. The van der Waals surface area contributed by atoms with Crippen molar-refractivity contribution in [1.29, 1.82) is 0 Å². The predicted molar refractivity (Wildman–Crippen MR) is 72.8 cm³/mol. The minimum atomic E-state index is -0.671. The molecule has 0 aliphatic rings. The monoisotopic (exact) mass is 299 g/mol. The van der Waals surface area contributed by atoms with E-state index in [-0.39, 0.29) is 16.7 Å². The Morgan fingerprint density at radius 1 is 1.32 bits per heavy atom. The van der Waals surface area contributed by atoms with Gasteiger partial charge >= 0.3 is 5.69 Å². The molecule has 0 atom stereocenters. The first-order chi connectivity index (χ1) is 9.00. The largest absolute Gasteiger partial charge is 0.378 e. The SMILES string of the molecule is Nc1ncnc(Nc2cccc(Cl)c2Cl)c1[N+](=O)[O-]. The fraction of sp³-hybridized carbons (Fsp3) is 0. The van der Waals surface area contributed by atoms with Crippen LogP contribution >= 0.6 is 23.2 Å². The lowest BCUT2D eigenvalue weighted by Gasteiger charge is -2.09. The van der Waals surface area contributed by atoms with Crippen molar-refractivity contribution >= 4 is 46.2 Å². The summed E-state index contributed by atoms with van der Waals surface area (Å²) in [6.45, 7) is 0. The Kier molecular flexibility index (Phi) is 3.68. The third-order valence-corrected chi connectivity index (χ3v) is 3.06. The maximum absolute atomic E-state index is 10.9. The number of halogens is 2. The van der Waals surface area contributed by atoms with Crippen molar-refractivity contribution in [2.75, 3.05) is 11.1 Å². The number of nitrogens with one attached hydrogen (secondary N) is 1. The van der Waals surface area contributed by atoms with Gasteiger partial charge in [-0.15, -0.1) is 0 Å². The topological polar surface area (TPSA) is 107 Å². The van der Waals surface area contributed by atoms with Gasteiger partial charge in [0.15, 0.2) is 0 Å². The molecule has 0 saturated heterocycles. The third-order valence-electron chi connectivity index (χ3n) is 2.24. The van der Waals surface area contributed by atoms with E-state index in [4.69, 9.17) is 28.9 Å². The number of nitrogens with two attached hydrogens (primary N) is 1. The van der Waals surface area contributed by atoms with Crippen LogP contribution in [0, 0.1) is 10.1 Å². The normalized spacial score (nSPS) is 10.2. The van der Waals surface area contributed by atoms with Crippen LogP contribution in [-0.4, -0.2) is 14.9 Å². The molecule has 19 heavy (non-hydrogen) atoms. The van der Waals surface area contributed by atoms with E-state index < -0.39 is 10.6 Å². The molecule has 0 radical (unpaired) electrons. The molecule has 1 aromatic carbocycles. The van der Waals surface area contributed by atoms with Crippen LogP contribution in [0.15, 0.2) is 24.5 Å². The maximum atomic E-state index is 10.9. The van der Waals surface area contributed by atoms with Gasteiger partial charge in [-0.3, -0.25) is 10.1 Å². The number of rotatable bonds is 3. The summed E-state index contributed by atoms with van der Waals surface area (Å²) in [7, 11) is 0. The van der Waals surface area contributed by atoms with Gasteiger partial charge in [-0.2, -0.15) is 0 Å². The first-order valence-electron chi connectivity index (χ1n) is 4.96. The van der Waals surface area contributed by atoms with Crippen LogP contribution in [0.2, 0.25) is 10.0 Å². The summed E-state index contributed by atoms with van der Waals surface area (Å²) in [6.07, 6.45) is 1.11. The van der Waals surface area contributed by atoms with Gasteiger partial charge in [0.1, 0.15) is 6.33 Å². The number of hydrogen-bond acceptors (Lipinski definition) is 6. The first kappa shape index (κ1) is 13.3. The molecule has 0 fully saturated rings. The molecule has 1 aromatic heterocycles. The zero-order valence-electron chi connectivity index (χ0n) is 9.30. The second-order valence-corrected chi connectivity index (χ2v) is 4.22. The van der Waals surface area contributed by atoms with Crippen LogP contribution in [0.25, 0.3) is 0 Å².